The topological polar surface area (TPSA) is 62.3 Å². The maximum absolute atomic E-state index is 12.5. The first kappa shape index (κ1) is 18.2. The van der Waals surface area contributed by atoms with Crippen molar-refractivity contribution in [1.29, 1.82) is 0 Å². The molecule has 0 aliphatic heterocycles. The molecule has 2 aromatic carbocycles. The minimum Gasteiger partial charge on any atom is -0.343 e. The van der Waals surface area contributed by atoms with E-state index in [1.807, 2.05) is 48.3 Å². The molecule has 0 amide bonds. The number of aryl methyl sites for hydroxylation is 1. The van der Waals surface area contributed by atoms with E-state index in [0.29, 0.717) is 10.6 Å². The fraction of sp³-hybridized carbons (Fsp3) is 0.105. The van der Waals surface area contributed by atoms with Gasteiger partial charge < -0.3 is 4.90 Å². The second-order valence-corrected chi connectivity index (χ2v) is 7.90. The number of para-hydroxylation sites is 1. The molecule has 0 aliphatic carbocycles. The summed E-state index contributed by atoms with van der Waals surface area (Å²) in [6.45, 7) is 1.76. The van der Waals surface area contributed by atoms with Gasteiger partial charge >= 0.3 is 0 Å². The van der Waals surface area contributed by atoms with E-state index in [-0.39, 0.29) is 10.7 Å². The molecule has 26 heavy (non-hydrogen) atoms. The van der Waals surface area contributed by atoms with Crippen LogP contribution in [0.15, 0.2) is 71.8 Å². The number of aromatic nitrogens is 1. The highest BCUT2D eigenvalue weighted by Gasteiger charge is 2.16. The van der Waals surface area contributed by atoms with E-state index in [1.165, 1.54) is 12.1 Å². The lowest BCUT2D eigenvalue weighted by molar-refractivity contribution is 0.601. The third-order valence-corrected chi connectivity index (χ3v) is 5.73. The maximum atomic E-state index is 12.5. The minimum absolute atomic E-state index is 0.145. The van der Waals surface area contributed by atoms with E-state index in [9.17, 15) is 8.42 Å². The van der Waals surface area contributed by atoms with Crippen LogP contribution in [0.25, 0.3) is 0 Å². The summed E-state index contributed by atoms with van der Waals surface area (Å²) in [7, 11) is -1.80. The predicted molar refractivity (Wildman–Crippen MR) is 106 cm³/mol. The molecule has 0 fully saturated rings. The van der Waals surface area contributed by atoms with Crippen molar-refractivity contribution in [1.82, 2.24) is 4.98 Å². The maximum Gasteiger partial charge on any atom is 0.263 e. The Balaban J connectivity index is 1.79. The molecule has 134 valence electrons. The molecule has 1 N–H and O–H groups in total. The first-order valence-electron chi connectivity index (χ1n) is 7.90. The first-order valence-corrected chi connectivity index (χ1v) is 9.77. The highest BCUT2D eigenvalue weighted by molar-refractivity contribution is 7.92. The van der Waals surface area contributed by atoms with Gasteiger partial charge in [0.05, 0.1) is 16.8 Å². The van der Waals surface area contributed by atoms with E-state index >= 15 is 0 Å². The molecule has 0 spiro atoms. The number of hydrogen-bond acceptors (Lipinski definition) is 4. The Labute approximate surface area is 158 Å². The van der Waals surface area contributed by atoms with Gasteiger partial charge in [-0.15, -0.1) is 0 Å². The molecular weight excluding hydrogens is 370 g/mol. The van der Waals surface area contributed by atoms with Crippen LogP contribution in [-0.4, -0.2) is 20.4 Å². The quantitative estimate of drug-likeness (QED) is 0.694. The van der Waals surface area contributed by atoms with Crippen molar-refractivity contribution in [2.45, 2.75) is 11.8 Å². The number of benzene rings is 2. The van der Waals surface area contributed by atoms with Crippen LogP contribution in [-0.2, 0) is 10.0 Å². The van der Waals surface area contributed by atoms with Gasteiger partial charge in [-0.05, 0) is 55.0 Å². The predicted octanol–water partition coefficient (Wildman–Crippen LogP) is 4.61. The van der Waals surface area contributed by atoms with E-state index in [2.05, 4.69) is 9.71 Å². The summed E-state index contributed by atoms with van der Waals surface area (Å²) in [5, 5.41) is 0.523. The average Bonchev–Trinajstić information content (AvgIpc) is 2.64. The second-order valence-electron chi connectivity index (χ2n) is 5.81. The SMILES string of the molecule is Cc1cc(S(=O)(=O)Nc2ccc(N(C)c3ccccc3)cn2)ccc1Cl. The molecule has 5 nitrogen and oxygen atoms in total. The Morgan fingerprint density at radius 1 is 1.00 bits per heavy atom. The molecule has 3 rings (SSSR count). The first-order chi connectivity index (χ1) is 12.4. The molecule has 7 heteroatoms. The van der Waals surface area contributed by atoms with Crippen LogP contribution in [0.3, 0.4) is 0 Å². The van der Waals surface area contributed by atoms with Gasteiger partial charge in [0.2, 0.25) is 0 Å². The third kappa shape index (κ3) is 3.98. The number of hydrogen-bond donors (Lipinski definition) is 1. The van der Waals surface area contributed by atoms with Crippen molar-refractivity contribution in [3.05, 3.63) is 77.4 Å². The Morgan fingerprint density at radius 2 is 1.73 bits per heavy atom. The Bertz CT molecular complexity index is 1010. The number of pyridine rings is 1. The van der Waals surface area contributed by atoms with Crippen LogP contribution in [0.5, 0.6) is 0 Å². The minimum atomic E-state index is -3.72. The fourth-order valence-electron chi connectivity index (χ4n) is 2.43. The number of sulfonamides is 1. The van der Waals surface area contributed by atoms with Crippen molar-refractivity contribution >= 4 is 38.8 Å². The monoisotopic (exact) mass is 387 g/mol. The van der Waals surface area contributed by atoms with Gasteiger partial charge in [-0.1, -0.05) is 29.8 Å². The highest BCUT2D eigenvalue weighted by atomic mass is 35.5. The van der Waals surface area contributed by atoms with Crippen molar-refractivity contribution < 1.29 is 8.42 Å². The van der Waals surface area contributed by atoms with Crippen LogP contribution >= 0.6 is 11.6 Å². The van der Waals surface area contributed by atoms with Crippen LogP contribution in [0.4, 0.5) is 17.2 Å². The van der Waals surface area contributed by atoms with Crippen molar-refractivity contribution in [2.75, 3.05) is 16.7 Å². The van der Waals surface area contributed by atoms with Crippen LogP contribution in [0, 0.1) is 6.92 Å². The zero-order chi connectivity index (χ0) is 18.7. The number of nitrogens with zero attached hydrogens (tertiary/aromatic N) is 2. The molecule has 0 radical (unpaired) electrons. The average molecular weight is 388 g/mol. The van der Waals surface area contributed by atoms with Gasteiger partial charge in [-0.25, -0.2) is 13.4 Å². The summed E-state index contributed by atoms with van der Waals surface area (Å²) < 4.78 is 27.5. The normalized spacial score (nSPS) is 11.2. The number of nitrogens with one attached hydrogen (secondary N) is 1. The standard InChI is InChI=1S/C19H18ClN3O2S/c1-14-12-17(9-10-18(14)20)26(24,25)22-19-11-8-16(13-21-19)23(2)15-6-4-3-5-7-15/h3-13H,1-2H3,(H,21,22). The van der Waals surface area contributed by atoms with E-state index in [0.717, 1.165) is 11.4 Å². The van der Waals surface area contributed by atoms with E-state index < -0.39 is 10.0 Å². The van der Waals surface area contributed by atoms with Crippen LogP contribution in [0.2, 0.25) is 5.02 Å². The summed E-state index contributed by atoms with van der Waals surface area (Å²) in [4.78, 5) is 6.33. The third-order valence-electron chi connectivity index (χ3n) is 3.96. The molecule has 0 bridgehead atoms. The number of anilines is 3. The van der Waals surface area contributed by atoms with Crippen molar-refractivity contribution in [2.24, 2.45) is 0 Å². The van der Waals surface area contributed by atoms with Crippen molar-refractivity contribution in [3.8, 4) is 0 Å². The summed E-state index contributed by atoms with van der Waals surface area (Å²) in [5.74, 6) is 0.253. The molecule has 3 aromatic rings. The molecular formula is C19H18ClN3O2S. The largest absolute Gasteiger partial charge is 0.343 e. The molecule has 0 unspecified atom stereocenters. The van der Waals surface area contributed by atoms with Gasteiger partial charge in [0.15, 0.2) is 0 Å². The molecule has 0 saturated carbocycles. The molecule has 0 atom stereocenters. The Hall–Kier alpha value is -2.57. The summed E-state index contributed by atoms with van der Waals surface area (Å²) >= 11 is 5.96. The van der Waals surface area contributed by atoms with Gasteiger partial charge in [-0.3, -0.25) is 4.72 Å². The van der Waals surface area contributed by atoms with Gasteiger partial charge in [0, 0.05) is 17.8 Å². The number of halogens is 1. The van der Waals surface area contributed by atoms with Crippen LogP contribution < -0.4 is 9.62 Å². The van der Waals surface area contributed by atoms with Crippen molar-refractivity contribution in [3.63, 3.8) is 0 Å². The molecule has 1 aromatic heterocycles. The second kappa shape index (κ2) is 7.35. The van der Waals surface area contributed by atoms with E-state index in [1.54, 1.807) is 25.3 Å². The fourth-order valence-corrected chi connectivity index (χ4v) is 3.64. The number of rotatable bonds is 5. The highest BCUT2D eigenvalue weighted by Crippen LogP contribution is 2.24. The lowest BCUT2D eigenvalue weighted by Crippen LogP contribution is -2.15. The Morgan fingerprint density at radius 3 is 2.35 bits per heavy atom. The smallest absolute Gasteiger partial charge is 0.263 e. The van der Waals surface area contributed by atoms with Crippen LogP contribution in [0.1, 0.15) is 5.56 Å². The lowest BCUT2D eigenvalue weighted by atomic mass is 10.2. The van der Waals surface area contributed by atoms with Gasteiger partial charge in [-0.2, -0.15) is 0 Å². The zero-order valence-electron chi connectivity index (χ0n) is 14.3. The lowest BCUT2D eigenvalue weighted by Gasteiger charge is -2.19. The summed E-state index contributed by atoms with van der Waals surface area (Å²) in [6.07, 6.45) is 1.62. The zero-order valence-corrected chi connectivity index (χ0v) is 15.9. The molecule has 1 heterocycles. The molecule has 0 saturated heterocycles. The molecule has 0 aliphatic rings. The summed E-state index contributed by atoms with van der Waals surface area (Å²) in [6, 6.07) is 17.8. The van der Waals surface area contributed by atoms with E-state index in [4.69, 9.17) is 11.6 Å². The Kier molecular flexibility index (Phi) is 5.15. The summed E-state index contributed by atoms with van der Waals surface area (Å²) in [5.41, 5.74) is 2.56. The van der Waals surface area contributed by atoms with Gasteiger partial charge in [0.1, 0.15) is 5.82 Å². The van der Waals surface area contributed by atoms with Gasteiger partial charge in [0.25, 0.3) is 10.0 Å².